The van der Waals surface area contributed by atoms with E-state index in [1.54, 1.807) is 0 Å². The first-order valence-electron chi connectivity index (χ1n) is 4.56. The van der Waals surface area contributed by atoms with Crippen molar-refractivity contribution in [3.63, 3.8) is 0 Å². The molecule has 0 amide bonds. The van der Waals surface area contributed by atoms with E-state index in [2.05, 4.69) is 6.58 Å². The zero-order chi connectivity index (χ0) is 13.0. The van der Waals surface area contributed by atoms with Gasteiger partial charge in [-0.25, -0.2) is 0 Å². The van der Waals surface area contributed by atoms with Gasteiger partial charge in [0, 0.05) is 0 Å². The molecular weight excluding hydrogens is 234 g/mol. The maximum absolute atomic E-state index is 12.6. The molecule has 0 aliphatic heterocycles. The Morgan fingerprint density at radius 2 is 1.44 bits per heavy atom. The Hall–Kier alpha value is -0.940. The van der Waals surface area contributed by atoms with E-state index in [0.29, 0.717) is 6.08 Å². The molecule has 0 atom stereocenters. The Balaban J connectivity index is 5.59. The Morgan fingerprint density at radius 3 is 1.69 bits per heavy atom. The second kappa shape index (κ2) is 4.93. The van der Waals surface area contributed by atoms with E-state index in [-0.39, 0.29) is 12.5 Å². The van der Waals surface area contributed by atoms with Gasteiger partial charge in [0.2, 0.25) is 0 Å². The van der Waals surface area contributed by atoms with E-state index in [0.717, 1.165) is 6.08 Å². The molecule has 0 aliphatic carbocycles. The monoisotopic (exact) mass is 246 g/mol. The summed E-state index contributed by atoms with van der Waals surface area (Å²) in [6, 6.07) is 0. The van der Waals surface area contributed by atoms with Crippen molar-refractivity contribution in [3.8, 4) is 0 Å². The summed E-state index contributed by atoms with van der Waals surface area (Å²) in [5, 5.41) is 0. The topological polar surface area (TPSA) is 0 Å². The van der Waals surface area contributed by atoms with Crippen LogP contribution in [0.15, 0.2) is 24.8 Å². The minimum absolute atomic E-state index is 0.128. The highest BCUT2D eigenvalue weighted by molar-refractivity contribution is 5.12. The summed E-state index contributed by atoms with van der Waals surface area (Å²) in [6.45, 7) is 4.34. The standard InChI is InChI=1S/C10H12F6/c1-3-5-7-8(6-4-2,9(11,12)13)10(14,15)16/h3,5,7H,1,4,6H2,2H3. The van der Waals surface area contributed by atoms with Crippen LogP contribution in [0.3, 0.4) is 0 Å². The quantitative estimate of drug-likeness (QED) is 0.500. The van der Waals surface area contributed by atoms with Crippen LogP contribution in [0.4, 0.5) is 26.3 Å². The van der Waals surface area contributed by atoms with Crippen molar-refractivity contribution in [1.29, 1.82) is 0 Å². The van der Waals surface area contributed by atoms with Crippen molar-refractivity contribution in [3.05, 3.63) is 24.8 Å². The molecule has 0 aromatic carbocycles. The first-order valence-corrected chi connectivity index (χ1v) is 4.56. The van der Waals surface area contributed by atoms with Crippen LogP contribution < -0.4 is 0 Å². The fourth-order valence-corrected chi connectivity index (χ4v) is 1.34. The Labute approximate surface area is 89.6 Å². The van der Waals surface area contributed by atoms with Crippen LogP contribution in [-0.4, -0.2) is 12.4 Å². The van der Waals surface area contributed by atoms with Gasteiger partial charge in [-0.1, -0.05) is 38.2 Å². The number of allylic oxidation sites excluding steroid dienone is 3. The summed E-state index contributed by atoms with van der Waals surface area (Å²) in [7, 11) is 0. The van der Waals surface area contributed by atoms with Gasteiger partial charge in [-0.3, -0.25) is 0 Å². The lowest BCUT2D eigenvalue weighted by Gasteiger charge is -2.34. The molecule has 0 bridgehead atoms. The number of hydrogen-bond acceptors (Lipinski definition) is 0. The average Bonchev–Trinajstić information content (AvgIpc) is 2.08. The first kappa shape index (κ1) is 15.1. The van der Waals surface area contributed by atoms with Crippen molar-refractivity contribution >= 4 is 0 Å². The smallest absolute Gasteiger partial charge is 0.170 e. The predicted molar refractivity (Wildman–Crippen MR) is 48.8 cm³/mol. The van der Waals surface area contributed by atoms with E-state index in [1.165, 1.54) is 6.92 Å². The minimum atomic E-state index is -5.36. The third kappa shape index (κ3) is 2.80. The molecule has 16 heavy (non-hydrogen) atoms. The fraction of sp³-hybridized carbons (Fsp3) is 0.600. The van der Waals surface area contributed by atoms with Gasteiger partial charge in [0.15, 0.2) is 5.41 Å². The van der Waals surface area contributed by atoms with Gasteiger partial charge >= 0.3 is 12.4 Å². The van der Waals surface area contributed by atoms with Crippen LogP contribution in [0, 0.1) is 5.41 Å². The molecule has 0 radical (unpaired) electrons. The van der Waals surface area contributed by atoms with Crippen molar-refractivity contribution in [2.75, 3.05) is 0 Å². The maximum atomic E-state index is 12.6. The van der Waals surface area contributed by atoms with Gasteiger partial charge in [0.1, 0.15) is 0 Å². The number of rotatable bonds is 4. The zero-order valence-electron chi connectivity index (χ0n) is 8.62. The number of halogens is 6. The van der Waals surface area contributed by atoms with Crippen molar-refractivity contribution in [2.45, 2.75) is 32.1 Å². The van der Waals surface area contributed by atoms with E-state index in [1.807, 2.05) is 0 Å². The highest BCUT2D eigenvalue weighted by Gasteiger charge is 2.68. The first-order chi connectivity index (χ1) is 7.12. The molecule has 0 spiro atoms. The van der Waals surface area contributed by atoms with E-state index >= 15 is 0 Å². The molecule has 6 heteroatoms. The minimum Gasteiger partial charge on any atom is -0.170 e. The van der Waals surface area contributed by atoms with Crippen LogP contribution in [0.1, 0.15) is 19.8 Å². The summed E-state index contributed by atoms with van der Waals surface area (Å²) >= 11 is 0. The van der Waals surface area contributed by atoms with Crippen LogP contribution in [0.2, 0.25) is 0 Å². The summed E-state index contributed by atoms with van der Waals surface area (Å²) in [5.74, 6) is 0. The van der Waals surface area contributed by atoms with Crippen molar-refractivity contribution < 1.29 is 26.3 Å². The molecule has 0 unspecified atom stereocenters. The van der Waals surface area contributed by atoms with Crippen LogP contribution >= 0.6 is 0 Å². The van der Waals surface area contributed by atoms with E-state index in [4.69, 9.17) is 0 Å². The molecule has 0 fully saturated rings. The molecule has 0 nitrogen and oxygen atoms in total. The SMILES string of the molecule is C=CC=CC(CCC)(C(F)(F)F)C(F)(F)F. The normalized spacial score (nSPS) is 14.4. The van der Waals surface area contributed by atoms with Crippen LogP contribution in [-0.2, 0) is 0 Å². The largest absolute Gasteiger partial charge is 0.406 e. The van der Waals surface area contributed by atoms with Gasteiger partial charge in [-0.15, -0.1) is 0 Å². The molecule has 0 aromatic rings. The molecule has 0 N–H and O–H groups in total. The van der Waals surface area contributed by atoms with E-state index < -0.39 is 24.2 Å². The lowest BCUT2D eigenvalue weighted by atomic mass is 9.81. The third-order valence-electron chi connectivity index (χ3n) is 2.17. The summed E-state index contributed by atoms with van der Waals surface area (Å²) in [6.07, 6.45) is -10.3. The van der Waals surface area contributed by atoms with Crippen LogP contribution in [0.25, 0.3) is 0 Å². The molecule has 94 valence electrons. The van der Waals surface area contributed by atoms with Gasteiger partial charge in [-0.05, 0) is 6.42 Å². The zero-order valence-corrected chi connectivity index (χ0v) is 8.62. The Kier molecular flexibility index (Phi) is 4.64. The van der Waals surface area contributed by atoms with Crippen LogP contribution in [0.5, 0.6) is 0 Å². The van der Waals surface area contributed by atoms with Crippen molar-refractivity contribution in [1.82, 2.24) is 0 Å². The molecule has 0 heterocycles. The molecular formula is C10H12F6. The molecule has 0 aromatic heterocycles. The van der Waals surface area contributed by atoms with E-state index in [9.17, 15) is 26.3 Å². The second-order valence-electron chi connectivity index (χ2n) is 3.31. The van der Waals surface area contributed by atoms with Crippen molar-refractivity contribution in [2.24, 2.45) is 5.41 Å². The fourth-order valence-electron chi connectivity index (χ4n) is 1.34. The van der Waals surface area contributed by atoms with Gasteiger partial charge < -0.3 is 0 Å². The summed E-state index contributed by atoms with van der Waals surface area (Å²) < 4.78 is 75.5. The van der Waals surface area contributed by atoms with Gasteiger partial charge in [-0.2, -0.15) is 26.3 Å². The number of hydrogen-bond donors (Lipinski definition) is 0. The Morgan fingerprint density at radius 1 is 1.00 bits per heavy atom. The van der Waals surface area contributed by atoms with Gasteiger partial charge in [0.25, 0.3) is 0 Å². The van der Waals surface area contributed by atoms with Gasteiger partial charge in [0.05, 0.1) is 0 Å². The Bertz CT molecular complexity index is 243. The summed E-state index contributed by atoms with van der Waals surface area (Å²) in [5.41, 5.74) is -3.77. The third-order valence-corrected chi connectivity index (χ3v) is 2.17. The lowest BCUT2D eigenvalue weighted by Crippen LogP contribution is -2.48. The molecule has 0 saturated heterocycles. The molecule has 0 saturated carbocycles. The predicted octanol–water partition coefficient (Wildman–Crippen LogP) is 4.64. The highest BCUT2D eigenvalue weighted by atomic mass is 19.4. The highest BCUT2D eigenvalue weighted by Crippen LogP contribution is 2.54. The summed E-state index contributed by atoms with van der Waals surface area (Å²) in [4.78, 5) is 0. The number of alkyl halides is 6. The lowest BCUT2D eigenvalue weighted by molar-refractivity contribution is -0.323. The molecule has 0 aliphatic rings. The second-order valence-corrected chi connectivity index (χ2v) is 3.31. The average molecular weight is 246 g/mol. The molecule has 0 rings (SSSR count). The maximum Gasteiger partial charge on any atom is 0.406 e.